The zero-order valence-corrected chi connectivity index (χ0v) is 14.0. The minimum Gasteiger partial charge on any atom is -0.486 e. The molecule has 1 unspecified atom stereocenters. The number of rotatable bonds is 2. The third-order valence-corrected chi connectivity index (χ3v) is 4.64. The molecule has 4 rings (SSSR count). The maximum absolute atomic E-state index is 12.9. The van der Waals surface area contributed by atoms with Crippen LogP contribution in [0.25, 0.3) is 0 Å². The van der Waals surface area contributed by atoms with Crippen LogP contribution in [0.4, 0.5) is 0 Å². The Morgan fingerprint density at radius 1 is 1.16 bits per heavy atom. The fourth-order valence-electron chi connectivity index (χ4n) is 3.39. The predicted molar refractivity (Wildman–Crippen MR) is 89.9 cm³/mol. The summed E-state index contributed by atoms with van der Waals surface area (Å²) in [5, 5.41) is 4.08. The zero-order chi connectivity index (χ0) is 17.4. The Bertz CT molecular complexity index is 877. The molecule has 2 aliphatic heterocycles. The molecule has 1 atom stereocenters. The van der Waals surface area contributed by atoms with E-state index in [1.807, 2.05) is 23.1 Å². The summed E-state index contributed by atoms with van der Waals surface area (Å²) in [7, 11) is 1.54. The third-order valence-electron chi connectivity index (χ3n) is 4.64. The Balaban J connectivity index is 1.62. The minimum atomic E-state index is -0.235. The molecule has 0 saturated carbocycles. The lowest BCUT2D eigenvalue weighted by Gasteiger charge is -2.26. The molecule has 7 nitrogen and oxygen atoms in total. The first kappa shape index (κ1) is 15.7. The lowest BCUT2D eigenvalue weighted by Crippen LogP contribution is -2.33. The molecule has 0 spiro atoms. The van der Waals surface area contributed by atoms with Crippen molar-refractivity contribution >= 4 is 5.91 Å². The van der Waals surface area contributed by atoms with Gasteiger partial charge in [-0.3, -0.25) is 9.59 Å². The Morgan fingerprint density at radius 3 is 2.76 bits per heavy atom. The fraction of sp³-hybridized carbons (Fsp3) is 0.389. The number of aryl methyl sites for hydroxylation is 1. The van der Waals surface area contributed by atoms with Crippen LogP contribution in [0.15, 0.2) is 35.1 Å². The summed E-state index contributed by atoms with van der Waals surface area (Å²) in [6.45, 7) is 1.76. The molecule has 7 heteroatoms. The summed E-state index contributed by atoms with van der Waals surface area (Å²) in [5.41, 5.74) is 1.08. The van der Waals surface area contributed by atoms with E-state index in [9.17, 15) is 9.59 Å². The first-order chi connectivity index (χ1) is 12.1. The number of hydrogen-bond donors (Lipinski definition) is 0. The van der Waals surface area contributed by atoms with Crippen molar-refractivity contribution in [2.24, 2.45) is 7.05 Å². The van der Waals surface area contributed by atoms with Crippen molar-refractivity contribution in [3.8, 4) is 11.5 Å². The van der Waals surface area contributed by atoms with Gasteiger partial charge in [-0.1, -0.05) is 6.07 Å². The molecule has 1 saturated heterocycles. The second kappa shape index (κ2) is 6.23. The van der Waals surface area contributed by atoms with Crippen LogP contribution in [-0.4, -0.2) is 40.3 Å². The number of amides is 1. The molecule has 2 aliphatic rings. The molecule has 0 radical (unpaired) electrons. The molecule has 130 valence electrons. The number of aromatic nitrogens is 2. The van der Waals surface area contributed by atoms with Crippen LogP contribution in [0.1, 0.15) is 34.9 Å². The van der Waals surface area contributed by atoms with Gasteiger partial charge in [-0.05, 0) is 36.6 Å². The van der Waals surface area contributed by atoms with E-state index in [1.54, 1.807) is 7.05 Å². The van der Waals surface area contributed by atoms with Crippen molar-refractivity contribution in [3.05, 3.63) is 51.9 Å². The Kier molecular flexibility index (Phi) is 3.91. The van der Waals surface area contributed by atoms with Crippen molar-refractivity contribution in [1.29, 1.82) is 0 Å². The standard InChI is InChI=1S/C18H19N3O4/c1-20-17(22)7-5-13(19-20)18(23)21-8-2-3-14(21)12-4-6-15-16(11-12)25-10-9-24-15/h4-7,11,14H,2-3,8-10H2,1H3. The van der Waals surface area contributed by atoms with E-state index in [2.05, 4.69) is 5.10 Å². The first-order valence-electron chi connectivity index (χ1n) is 8.38. The first-order valence-corrected chi connectivity index (χ1v) is 8.38. The van der Waals surface area contributed by atoms with Crippen molar-refractivity contribution in [3.63, 3.8) is 0 Å². The molecule has 2 aromatic rings. The second-order valence-corrected chi connectivity index (χ2v) is 6.24. The van der Waals surface area contributed by atoms with Crippen LogP contribution < -0.4 is 15.0 Å². The van der Waals surface area contributed by atoms with Gasteiger partial charge in [-0.15, -0.1) is 0 Å². The number of hydrogen-bond acceptors (Lipinski definition) is 5. The highest BCUT2D eigenvalue weighted by Gasteiger charge is 2.32. The Labute approximate surface area is 144 Å². The average molecular weight is 341 g/mol. The number of likely N-dealkylation sites (tertiary alicyclic amines) is 1. The quantitative estimate of drug-likeness (QED) is 0.828. The summed E-state index contributed by atoms with van der Waals surface area (Å²) in [6.07, 6.45) is 1.81. The molecule has 1 aromatic heterocycles. The molecule has 0 N–H and O–H groups in total. The van der Waals surface area contributed by atoms with Crippen LogP contribution in [0.5, 0.6) is 11.5 Å². The molecule has 1 aromatic carbocycles. The van der Waals surface area contributed by atoms with Gasteiger partial charge >= 0.3 is 0 Å². The van der Waals surface area contributed by atoms with E-state index >= 15 is 0 Å². The van der Waals surface area contributed by atoms with Crippen molar-refractivity contribution in [2.75, 3.05) is 19.8 Å². The largest absolute Gasteiger partial charge is 0.486 e. The molecular weight excluding hydrogens is 322 g/mol. The molecular formula is C18H19N3O4. The summed E-state index contributed by atoms with van der Waals surface area (Å²) in [6, 6.07) is 8.67. The SMILES string of the molecule is Cn1nc(C(=O)N2CCCC2c2ccc3c(c2)OCCO3)ccc1=O. The van der Waals surface area contributed by atoms with Gasteiger partial charge in [0.05, 0.1) is 6.04 Å². The maximum Gasteiger partial charge on any atom is 0.274 e. The zero-order valence-electron chi connectivity index (χ0n) is 14.0. The van der Waals surface area contributed by atoms with Crippen LogP contribution in [0.3, 0.4) is 0 Å². The van der Waals surface area contributed by atoms with Crippen molar-refractivity contribution in [2.45, 2.75) is 18.9 Å². The highest BCUT2D eigenvalue weighted by Crippen LogP contribution is 2.38. The van der Waals surface area contributed by atoms with E-state index in [4.69, 9.17) is 9.47 Å². The van der Waals surface area contributed by atoms with Gasteiger partial charge in [0.15, 0.2) is 11.5 Å². The van der Waals surface area contributed by atoms with Crippen molar-refractivity contribution < 1.29 is 14.3 Å². The van der Waals surface area contributed by atoms with Gasteiger partial charge in [0.1, 0.15) is 18.9 Å². The Morgan fingerprint density at radius 2 is 1.96 bits per heavy atom. The normalized spacial score (nSPS) is 19.1. The number of nitrogens with zero attached hydrogens (tertiary/aromatic N) is 3. The third kappa shape index (κ3) is 2.86. The van der Waals surface area contributed by atoms with Gasteiger partial charge < -0.3 is 14.4 Å². The summed E-state index contributed by atoms with van der Waals surface area (Å²) in [5.74, 6) is 1.31. The maximum atomic E-state index is 12.9. The highest BCUT2D eigenvalue weighted by atomic mass is 16.6. The van der Waals surface area contributed by atoms with Gasteiger partial charge in [-0.2, -0.15) is 5.10 Å². The minimum absolute atomic E-state index is 0.0256. The summed E-state index contributed by atoms with van der Waals surface area (Å²) < 4.78 is 12.4. The molecule has 0 aliphatic carbocycles. The monoisotopic (exact) mass is 341 g/mol. The second-order valence-electron chi connectivity index (χ2n) is 6.24. The number of carbonyl (C=O) groups excluding carboxylic acids is 1. The van der Waals surface area contributed by atoms with E-state index < -0.39 is 0 Å². The van der Waals surface area contributed by atoms with Crippen LogP contribution in [-0.2, 0) is 7.05 Å². The summed E-state index contributed by atoms with van der Waals surface area (Å²) in [4.78, 5) is 26.2. The smallest absolute Gasteiger partial charge is 0.274 e. The number of carbonyl (C=O) groups is 1. The van der Waals surface area contributed by atoms with Crippen molar-refractivity contribution in [1.82, 2.24) is 14.7 Å². The van der Waals surface area contributed by atoms with Crippen LogP contribution >= 0.6 is 0 Å². The van der Waals surface area contributed by atoms with E-state index in [-0.39, 0.29) is 23.2 Å². The highest BCUT2D eigenvalue weighted by molar-refractivity contribution is 5.92. The Hall–Kier alpha value is -2.83. The summed E-state index contributed by atoms with van der Waals surface area (Å²) >= 11 is 0. The fourth-order valence-corrected chi connectivity index (χ4v) is 3.39. The molecule has 3 heterocycles. The molecule has 1 fully saturated rings. The number of ether oxygens (including phenoxy) is 2. The van der Waals surface area contributed by atoms with E-state index in [0.29, 0.717) is 19.8 Å². The number of fused-ring (bicyclic) bond motifs is 1. The van der Waals surface area contributed by atoms with Gasteiger partial charge in [-0.25, -0.2) is 4.68 Å². The topological polar surface area (TPSA) is 73.7 Å². The predicted octanol–water partition coefficient (Wildman–Crippen LogP) is 1.53. The van der Waals surface area contributed by atoms with Gasteiger partial charge in [0, 0.05) is 19.7 Å². The van der Waals surface area contributed by atoms with Gasteiger partial charge in [0.25, 0.3) is 11.5 Å². The molecule has 25 heavy (non-hydrogen) atoms. The lowest BCUT2D eigenvalue weighted by atomic mass is 10.0. The number of benzene rings is 1. The van der Waals surface area contributed by atoms with E-state index in [1.165, 1.54) is 16.8 Å². The molecule has 1 amide bonds. The molecule has 0 bridgehead atoms. The van der Waals surface area contributed by atoms with E-state index in [0.717, 1.165) is 29.9 Å². The van der Waals surface area contributed by atoms with Crippen LogP contribution in [0.2, 0.25) is 0 Å². The van der Waals surface area contributed by atoms with Crippen LogP contribution in [0, 0.1) is 0 Å². The lowest BCUT2D eigenvalue weighted by molar-refractivity contribution is 0.0726. The average Bonchev–Trinajstić information content (AvgIpc) is 3.12. The van der Waals surface area contributed by atoms with Gasteiger partial charge in [0.2, 0.25) is 0 Å².